The van der Waals surface area contributed by atoms with Crippen LogP contribution < -0.4 is 16.0 Å². The maximum atomic E-state index is 13.7. The van der Waals surface area contributed by atoms with E-state index in [0.717, 1.165) is 16.0 Å². The third-order valence-electron chi connectivity index (χ3n) is 7.28. The Balaban J connectivity index is 1.17. The molecule has 7 nitrogen and oxygen atoms in total. The summed E-state index contributed by atoms with van der Waals surface area (Å²) in [6, 6.07) is 39.6. The first-order chi connectivity index (χ1) is 24.3. The summed E-state index contributed by atoms with van der Waals surface area (Å²) >= 11 is 15.2. The number of halogens is 2. The van der Waals surface area contributed by atoms with Gasteiger partial charge in [0.15, 0.2) is 5.13 Å². The Labute approximate surface area is 307 Å². The van der Waals surface area contributed by atoms with Gasteiger partial charge in [-0.2, -0.15) is 0 Å². The Kier molecular flexibility index (Phi) is 11.4. The highest BCUT2D eigenvalue weighted by atomic mass is 35.5. The maximum absolute atomic E-state index is 13.7. The number of hydrogen-bond acceptors (Lipinski definition) is 6. The van der Waals surface area contributed by atoms with Crippen molar-refractivity contribution in [1.29, 1.82) is 0 Å². The normalized spacial score (nSPS) is 11.8. The SMILES string of the molecule is O=C(Nc1ccc(SC(C(=O)Nc2nc(-c3ccccc3Cl)cs2)c2ccccc2)cc1)/C(=C/c1cccc(Cl)c1)NC(=O)c1ccccc1. The summed E-state index contributed by atoms with van der Waals surface area (Å²) < 4.78 is 0. The van der Waals surface area contributed by atoms with Crippen molar-refractivity contribution < 1.29 is 14.4 Å². The standard InChI is InChI=1S/C39H28Cl2N4O3S2/c40-28-15-9-10-25(22-28)23-33(43-36(46)27-13-5-2-6-14-27)37(47)42-29-18-20-30(21-19-29)50-35(26-11-3-1-4-12-26)38(48)45-39-44-34(24-49-39)31-16-7-8-17-32(31)41/h1-24,35H,(H,42,47)(H,43,46)(H,44,45,48)/b33-23-. The van der Waals surface area contributed by atoms with Gasteiger partial charge in [-0.1, -0.05) is 102 Å². The average molecular weight is 736 g/mol. The van der Waals surface area contributed by atoms with Gasteiger partial charge in [0.25, 0.3) is 11.8 Å². The molecule has 3 amide bonds. The quantitative estimate of drug-likeness (QED) is 0.0909. The van der Waals surface area contributed by atoms with Crippen LogP contribution in [0.25, 0.3) is 17.3 Å². The molecule has 0 radical (unpaired) electrons. The molecule has 6 rings (SSSR count). The summed E-state index contributed by atoms with van der Waals surface area (Å²) in [7, 11) is 0. The van der Waals surface area contributed by atoms with Crippen LogP contribution in [-0.2, 0) is 9.59 Å². The molecule has 0 saturated heterocycles. The number of carbonyl (C=O) groups excluding carboxylic acids is 3. The highest BCUT2D eigenvalue weighted by molar-refractivity contribution is 8.00. The second-order valence-electron chi connectivity index (χ2n) is 10.8. The van der Waals surface area contributed by atoms with Gasteiger partial charge in [-0.25, -0.2) is 4.98 Å². The first kappa shape index (κ1) is 34.7. The molecule has 5 aromatic carbocycles. The Morgan fingerprint density at radius 3 is 2.18 bits per heavy atom. The van der Waals surface area contributed by atoms with Crippen molar-refractivity contribution in [3.05, 3.63) is 171 Å². The van der Waals surface area contributed by atoms with Crippen molar-refractivity contribution in [2.24, 2.45) is 0 Å². The summed E-state index contributed by atoms with van der Waals surface area (Å²) in [5.74, 6) is -1.18. The Hall–Kier alpha value is -5.19. The number of nitrogens with zero attached hydrogens (tertiary/aromatic N) is 1. The highest BCUT2D eigenvalue weighted by Gasteiger charge is 2.24. The fourth-order valence-electron chi connectivity index (χ4n) is 4.85. The number of aromatic nitrogens is 1. The monoisotopic (exact) mass is 734 g/mol. The van der Waals surface area contributed by atoms with Gasteiger partial charge in [-0.05, 0) is 71.8 Å². The lowest BCUT2D eigenvalue weighted by Gasteiger charge is -2.17. The fourth-order valence-corrected chi connectivity index (χ4v) is 7.02. The molecule has 1 atom stereocenters. The van der Waals surface area contributed by atoms with Gasteiger partial charge in [-0.15, -0.1) is 23.1 Å². The number of benzene rings is 5. The van der Waals surface area contributed by atoms with Crippen molar-refractivity contribution in [3.63, 3.8) is 0 Å². The summed E-state index contributed by atoms with van der Waals surface area (Å²) in [5, 5.41) is 11.4. The van der Waals surface area contributed by atoms with Crippen LogP contribution in [0.2, 0.25) is 10.0 Å². The van der Waals surface area contributed by atoms with Gasteiger partial charge in [0.05, 0.1) is 5.69 Å². The predicted molar refractivity (Wildman–Crippen MR) is 205 cm³/mol. The lowest BCUT2D eigenvalue weighted by molar-refractivity contribution is -0.116. The maximum Gasteiger partial charge on any atom is 0.272 e. The Bertz CT molecular complexity index is 2160. The van der Waals surface area contributed by atoms with Crippen LogP contribution in [0.5, 0.6) is 0 Å². The van der Waals surface area contributed by atoms with E-state index in [1.807, 2.05) is 72.1 Å². The van der Waals surface area contributed by atoms with E-state index in [-0.39, 0.29) is 11.6 Å². The minimum Gasteiger partial charge on any atom is -0.321 e. The molecular weight excluding hydrogens is 707 g/mol. The molecule has 0 aliphatic carbocycles. The van der Waals surface area contributed by atoms with Crippen LogP contribution in [0.3, 0.4) is 0 Å². The van der Waals surface area contributed by atoms with Crippen molar-refractivity contribution in [1.82, 2.24) is 10.3 Å². The number of amides is 3. The zero-order valence-corrected chi connectivity index (χ0v) is 29.3. The summed E-state index contributed by atoms with van der Waals surface area (Å²) in [6.07, 6.45) is 1.56. The topological polar surface area (TPSA) is 100 Å². The van der Waals surface area contributed by atoms with Crippen LogP contribution in [0, 0.1) is 0 Å². The molecule has 0 saturated carbocycles. The number of carbonyl (C=O) groups is 3. The lowest BCUT2D eigenvalue weighted by Crippen LogP contribution is -2.30. The number of thioether (sulfide) groups is 1. The first-order valence-corrected chi connectivity index (χ1v) is 17.8. The molecule has 3 N–H and O–H groups in total. The number of nitrogens with one attached hydrogen (secondary N) is 3. The summed E-state index contributed by atoms with van der Waals surface area (Å²) in [5.41, 5.74) is 3.89. The van der Waals surface area contributed by atoms with Gasteiger partial charge >= 0.3 is 0 Å². The largest absolute Gasteiger partial charge is 0.321 e. The van der Waals surface area contributed by atoms with E-state index in [0.29, 0.717) is 37.7 Å². The van der Waals surface area contributed by atoms with E-state index >= 15 is 0 Å². The number of thiazole rings is 1. The second kappa shape index (κ2) is 16.5. The summed E-state index contributed by atoms with van der Waals surface area (Å²) in [4.78, 5) is 45.6. The van der Waals surface area contributed by atoms with Gasteiger partial charge < -0.3 is 16.0 Å². The molecule has 11 heteroatoms. The highest BCUT2D eigenvalue weighted by Crippen LogP contribution is 2.38. The number of rotatable bonds is 11. The summed E-state index contributed by atoms with van der Waals surface area (Å²) in [6.45, 7) is 0. The van der Waals surface area contributed by atoms with E-state index in [9.17, 15) is 14.4 Å². The Morgan fingerprint density at radius 2 is 1.46 bits per heavy atom. The average Bonchev–Trinajstić information content (AvgIpc) is 3.60. The third-order valence-corrected chi connectivity index (χ3v) is 9.87. The molecule has 0 aliphatic rings. The first-order valence-electron chi connectivity index (χ1n) is 15.3. The molecular formula is C39H28Cl2N4O3S2. The molecule has 0 aliphatic heterocycles. The second-order valence-corrected chi connectivity index (χ2v) is 13.7. The van der Waals surface area contributed by atoms with Crippen LogP contribution in [0.1, 0.15) is 26.7 Å². The minimum absolute atomic E-state index is 0.0419. The number of hydrogen-bond donors (Lipinski definition) is 3. The zero-order chi connectivity index (χ0) is 34.9. The minimum atomic E-state index is -0.593. The van der Waals surface area contributed by atoms with Crippen LogP contribution in [0.15, 0.2) is 149 Å². The zero-order valence-electron chi connectivity index (χ0n) is 26.2. The van der Waals surface area contributed by atoms with Crippen molar-refractivity contribution in [2.75, 3.05) is 10.6 Å². The van der Waals surface area contributed by atoms with Crippen LogP contribution in [0.4, 0.5) is 10.8 Å². The van der Waals surface area contributed by atoms with Crippen LogP contribution >= 0.6 is 46.3 Å². The van der Waals surface area contributed by atoms with E-state index in [2.05, 4.69) is 20.9 Å². The molecule has 0 spiro atoms. The Morgan fingerprint density at radius 1 is 0.760 bits per heavy atom. The molecule has 50 heavy (non-hydrogen) atoms. The molecule has 248 valence electrons. The van der Waals surface area contributed by atoms with Gasteiger partial charge in [-0.3, -0.25) is 14.4 Å². The van der Waals surface area contributed by atoms with Crippen molar-refractivity contribution in [3.8, 4) is 11.3 Å². The van der Waals surface area contributed by atoms with Crippen molar-refractivity contribution in [2.45, 2.75) is 10.1 Å². The predicted octanol–water partition coefficient (Wildman–Crippen LogP) is 10.00. The van der Waals surface area contributed by atoms with Crippen molar-refractivity contribution >= 4 is 80.9 Å². The van der Waals surface area contributed by atoms with Crippen LogP contribution in [-0.4, -0.2) is 22.7 Å². The van der Waals surface area contributed by atoms with E-state index < -0.39 is 17.1 Å². The smallest absolute Gasteiger partial charge is 0.272 e. The number of anilines is 2. The third kappa shape index (κ3) is 9.07. The fraction of sp³-hybridized carbons (Fsp3) is 0.0256. The molecule has 0 bridgehead atoms. The van der Waals surface area contributed by atoms with Gasteiger partial charge in [0.2, 0.25) is 5.91 Å². The molecule has 1 aromatic heterocycles. The van der Waals surface area contributed by atoms with E-state index in [1.54, 1.807) is 72.8 Å². The van der Waals surface area contributed by atoms with E-state index in [1.165, 1.54) is 23.1 Å². The molecule has 6 aromatic rings. The van der Waals surface area contributed by atoms with Gasteiger partial charge in [0.1, 0.15) is 10.9 Å². The molecule has 0 fully saturated rings. The molecule has 1 heterocycles. The lowest BCUT2D eigenvalue weighted by atomic mass is 10.1. The van der Waals surface area contributed by atoms with E-state index in [4.69, 9.17) is 23.2 Å². The molecule has 1 unspecified atom stereocenters. The van der Waals surface area contributed by atoms with Gasteiger partial charge in [0, 0.05) is 37.1 Å².